The minimum Gasteiger partial charge on any atom is -0.319 e. The molecule has 3 aromatic carbocycles. The number of ketones is 1. The largest absolute Gasteiger partial charge is 0.319 e. The zero-order chi connectivity index (χ0) is 24.0. The molecule has 1 atom stereocenters. The van der Waals surface area contributed by atoms with E-state index in [0.29, 0.717) is 17.7 Å². The first-order valence-electron chi connectivity index (χ1n) is 11.0. The molecule has 0 unspecified atom stereocenters. The van der Waals surface area contributed by atoms with Gasteiger partial charge in [-0.3, -0.25) is 9.59 Å². The number of anilines is 1. The number of carbonyl (C=O) groups is 2. The Bertz CT molecular complexity index is 1220. The Morgan fingerprint density at radius 3 is 2.03 bits per heavy atom. The third-order valence-electron chi connectivity index (χ3n) is 5.56. The van der Waals surface area contributed by atoms with Gasteiger partial charge >= 0.3 is 0 Å². The number of para-hydroxylation sites is 1. The molecular weight excluding hydrogens is 434 g/mol. The van der Waals surface area contributed by atoms with E-state index in [4.69, 9.17) is 0 Å². The quantitative estimate of drug-likeness (QED) is 0.440. The lowest BCUT2D eigenvalue weighted by molar-refractivity contribution is -0.134. The Morgan fingerprint density at radius 2 is 1.45 bits per heavy atom. The maximum atomic E-state index is 13.4. The van der Waals surface area contributed by atoms with E-state index in [9.17, 15) is 18.0 Å². The molecule has 3 aromatic rings. The highest BCUT2D eigenvalue weighted by Gasteiger charge is 2.38. The molecule has 0 aliphatic carbocycles. The maximum Gasteiger partial charge on any atom is 0.293 e. The van der Waals surface area contributed by atoms with E-state index < -0.39 is 26.8 Å². The summed E-state index contributed by atoms with van der Waals surface area (Å²) in [5.41, 5.74) is 3.22. The van der Waals surface area contributed by atoms with Crippen LogP contribution >= 0.6 is 0 Å². The number of aryl methyl sites for hydroxylation is 1. The fourth-order valence-electron chi connectivity index (χ4n) is 3.88. The summed E-state index contributed by atoms with van der Waals surface area (Å²) in [6.45, 7) is 5.97. The number of nitrogens with one attached hydrogen (secondary N) is 1. The topological polar surface area (TPSA) is 80.3 Å². The highest BCUT2D eigenvalue weighted by molar-refractivity contribution is 7.91. The lowest BCUT2D eigenvalue weighted by atomic mass is 9.96. The Hall–Kier alpha value is -3.25. The van der Waals surface area contributed by atoms with Crippen molar-refractivity contribution in [2.24, 2.45) is 0 Å². The van der Waals surface area contributed by atoms with Crippen molar-refractivity contribution >= 4 is 27.2 Å². The van der Waals surface area contributed by atoms with Crippen LogP contribution in [-0.4, -0.2) is 20.1 Å². The Morgan fingerprint density at radius 1 is 0.848 bits per heavy atom. The number of hydrogen-bond donors (Lipinski definition) is 1. The third kappa shape index (κ3) is 5.76. The van der Waals surface area contributed by atoms with E-state index in [1.165, 1.54) is 0 Å². The van der Waals surface area contributed by atoms with Gasteiger partial charge in [-0.25, -0.2) is 8.42 Å². The van der Waals surface area contributed by atoms with Crippen LogP contribution in [0.2, 0.25) is 0 Å². The van der Waals surface area contributed by atoms with Crippen molar-refractivity contribution in [3.8, 4) is 0 Å². The number of amides is 1. The molecule has 0 spiro atoms. The van der Waals surface area contributed by atoms with Gasteiger partial charge in [0.1, 0.15) is 0 Å². The summed E-state index contributed by atoms with van der Waals surface area (Å²) in [4.78, 5) is 26.5. The predicted octanol–water partition coefficient (Wildman–Crippen LogP) is 5.24. The molecule has 0 heterocycles. The zero-order valence-electron chi connectivity index (χ0n) is 19.1. The van der Waals surface area contributed by atoms with E-state index in [-0.39, 0.29) is 17.2 Å². The van der Waals surface area contributed by atoms with Crippen molar-refractivity contribution in [3.63, 3.8) is 0 Å². The van der Waals surface area contributed by atoms with E-state index in [1.54, 1.807) is 60.7 Å². The Balaban J connectivity index is 1.99. The summed E-state index contributed by atoms with van der Waals surface area (Å²) in [7, 11) is -4.02. The highest BCUT2D eigenvalue weighted by atomic mass is 32.2. The van der Waals surface area contributed by atoms with Crippen LogP contribution in [0.25, 0.3) is 0 Å². The minimum absolute atomic E-state index is 0.119. The molecule has 1 N–H and O–H groups in total. The summed E-state index contributed by atoms with van der Waals surface area (Å²) in [5.74, 6) is -2.13. The van der Waals surface area contributed by atoms with Crippen LogP contribution in [0.4, 0.5) is 5.69 Å². The Kier molecular flexibility index (Phi) is 7.82. The predicted molar refractivity (Wildman–Crippen MR) is 132 cm³/mol. The van der Waals surface area contributed by atoms with Gasteiger partial charge in [-0.2, -0.15) is 0 Å². The molecule has 33 heavy (non-hydrogen) atoms. The second kappa shape index (κ2) is 10.6. The fraction of sp³-hybridized carbons (Fsp3) is 0.259. The number of Topliss-reactive ketones (excluding diaryl/α,β-unsaturated/α-hetero) is 1. The van der Waals surface area contributed by atoms with Crippen LogP contribution in [-0.2, 0) is 31.6 Å². The summed E-state index contributed by atoms with van der Waals surface area (Å²) < 4.78 is 26.8. The molecule has 0 saturated heterocycles. The smallest absolute Gasteiger partial charge is 0.293 e. The second-order valence-corrected chi connectivity index (χ2v) is 10.4. The third-order valence-corrected chi connectivity index (χ3v) is 7.50. The normalized spacial score (nSPS) is 12.4. The SMILES string of the molecule is CCc1cccc(C(C)C)c1NC(=O)C(=O)[C@@H](c1ccccc1)S(=O)(=O)Cc1ccccc1. The van der Waals surface area contributed by atoms with E-state index in [0.717, 1.165) is 11.1 Å². The van der Waals surface area contributed by atoms with Crippen LogP contribution < -0.4 is 5.32 Å². The Labute approximate surface area is 195 Å². The number of rotatable bonds is 9. The lowest BCUT2D eigenvalue weighted by Gasteiger charge is -2.20. The number of benzene rings is 3. The molecular formula is C27H29NO4S. The first-order valence-corrected chi connectivity index (χ1v) is 12.7. The van der Waals surface area contributed by atoms with Crippen LogP contribution in [0.3, 0.4) is 0 Å². The first-order chi connectivity index (χ1) is 15.7. The molecule has 172 valence electrons. The molecule has 0 radical (unpaired) electrons. The van der Waals surface area contributed by atoms with Gasteiger partial charge in [0.2, 0.25) is 5.78 Å². The standard InChI is InChI=1S/C27H29NO4S/c1-4-21-16-11-17-23(19(2)3)24(21)28-27(30)25(29)26(22-14-9-6-10-15-22)33(31,32)18-20-12-7-5-8-13-20/h5-17,19,26H,4,18H2,1-3H3,(H,28,30)/t26-/m1/s1. The monoisotopic (exact) mass is 463 g/mol. The molecule has 3 rings (SSSR count). The second-order valence-electron chi connectivity index (χ2n) is 8.29. The lowest BCUT2D eigenvalue weighted by Crippen LogP contribution is -2.34. The van der Waals surface area contributed by atoms with E-state index in [2.05, 4.69) is 5.32 Å². The van der Waals surface area contributed by atoms with Gasteiger partial charge in [-0.1, -0.05) is 99.6 Å². The average molecular weight is 464 g/mol. The van der Waals surface area contributed by atoms with Crippen LogP contribution in [0.1, 0.15) is 54.2 Å². The maximum absolute atomic E-state index is 13.4. The fourth-order valence-corrected chi connectivity index (χ4v) is 5.71. The van der Waals surface area contributed by atoms with Gasteiger partial charge < -0.3 is 5.32 Å². The van der Waals surface area contributed by atoms with Gasteiger partial charge in [0.05, 0.1) is 5.75 Å². The summed E-state index contributed by atoms with van der Waals surface area (Å²) in [6, 6.07) is 22.6. The van der Waals surface area contributed by atoms with Gasteiger partial charge in [-0.05, 0) is 34.6 Å². The van der Waals surface area contributed by atoms with Gasteiger partial charge in [0, 0.05) is 5.69 Å². The number of sulfone groups is 1. The molecule has 0 saturated carbocycles. The molecule has 0 aromatic heterocycles. The van der Waals surface area contributed by atoms with E-state index in [1.807, 2.05) is 39.0 Å². The van der Waals surface area contributed by atoms with Gasteiger partial charge in [-0.15, -0.1) is 0 Å². The van der Waals surface area contributed by atoms with Crippen LogP contribution in [0.5, 0.6) is 0 Å². The van der Waals surface area contributed by atoms with Crippen molar-refractivity contribution in [1.29, 1.82) is 0 Å². The molecule has 0 aliphatic heterocycles. The van der Waals surface area contributed by atoms with Crippen LogP contribution in [0, 0.1) is 0 Å². The van der Waals surface area contributed by atoms with Crippen molar-refractivity contribution in [1.82, 2.24) is 0 Å². The molecule has 0 bridgehead atoms. The minimum atomic E-state index is -4.02. The van der Waals surface area contributed by atoms with Crippen molar-refractivity contribution in [2.45, 2.75) is 44.1 Å². The zero-order valence-corrected chi connectivity index (χ0v) is 19.9. The molecule has 0 aliphatic rings. The average Bonchev–Trinajstić information content (AvgIpc) is 2.80. The number of hydrogen-bond acceptors (Lipinski definition) is 4. The van der Waals surface area contributed by atoms with Crippen molar-refractivity contribution in [2.75, 3.05) is 5.32 Å². The van der Waals surface area contributed by atoms with Crippen molar-refractivity contribution < 1.29 is 18.0 Å². The number of carbonyl (C=O) groups excluding carboxylic acids is 2. The van der Waals surface area contributed by atoms with Crippen molar-refractivity contribution in [3.05, 3.63) is 101 Å². The summed E-state index contributed by atoms with van der Waals surface area (Å²) in [5, 5.41) is 1.16. The van der Waals surface area contributed by atoms with Gasteiger partial charge in [0.15, 0.2) is 15.1 Å². The highest BCUT2D eigenvalue weighted by Crippen LogP contribution is 2.31. The molecule has 0 fully saturated rings. The molecule has 1 amide bonds. The molecule has 5 nitrogen and oxygen atoms in total. The van der Waals surface area contributed by atoms with Crippen LogP contribution in [0.15, 0.2) is 78.9 Å². The summed E-state index contributed by atoms with van der Waals surface area (Å²) >= 11 is 0. The van der Waals surface area contributed by atoms with E-state index >= 15 is 0 Å². The van der Waals surface area contributed by atoms with Gasteiger partial charge in [0.25, 0.3) is 5.91 Å². The first kappa shape index (κ1) is 24.4. The molecule has 6 heteroatoms. The summed E-state index contributed by atoms with van der Waals surface area (Å²) in [6.07, 6.45) is 0.665.